The number of hydrogen-bond donors (Lipinski definition) is 0. The van der Waals surface area contributed by atoms with Crippen LogP contribution in [0.25, 0.3) is 55.6 Å². The first-order chi connectivity index (χ1) is 22.9. The average Bonchev–Trinajstić information content (AvgIpc) is 3.76. The van der Waals surface area contributed by atoms with Crippen molar-refractivity contribution in [3.05, 3.63) is 139 Å². The second kappa shape index (κ2) is 14.9. The first kappa shape index (κ1) is 33.7. The van der Waals surface area contributed by atoms with Crippen LogP contribution in [0.1, 0.15) is 31.2 Å². The normalized spacial score (nSPS) is 13.2. The molecule has 8 rings (SSSR count). The van der Waals surface area contributed by atoms with Crippen LogP contribution in [0.15, 0.2) is 126 Å². The minimum atomic E-state index is -1.23. The number of hydrogen-bond acceptors (Lipinski definition) is 3. The van der Waals surface area contributed by atoms with Crippen molar-refractivity contribution in [1.82, 2.24) is 9.97 Å². The zero-order valence-electron chi connectivity index (χ0n) is 27.8. The topological polar surface area (TPSA) is 38.9 Å². The van der Waals surface area contributed by atoms with E-state index in [-0.39, 0.29) is 20.1 Å². The van der Waals surface area contributed by atoms with E-state index in [9.17, 15) is 0 Å². The zero-order valence-corrected chi connectivity index (χ0v) is 31.2. The molecule has 3 heterocycles. The van der Waals surface area contributed by atoms with Gasteiger partial charge in [-0.05, 0) is 52.2 Å². The van der Waals surface area contributed by atoms with Gasteiger partial charge in [0.1, 0.15) is 5.58 Å². The van der Waals surface area contributed by atoms with Gasteiger partial charge in [-0.3, -0.25) is 0 Å². The molecule has 0 saturated heterocycles. The van der Waals surface area contributed by atoms with E-state index in [0.717, 1.165) is 56.8 Å². The van der Waals surface area contributed by atoms with Gasteiger partial charge in [-0.15, -0.1) is 59.7 Å². The van der Waals surface area contributed by atoms with Crippen molar-refractivity contribution in [2.24, 2.45) is 5.92 Å². The fourth-order valence-corrected chi connectivity index (χ4v) is 7.66. The molecule has 0 bridgehead atoms. The molecule has 0 atom stereocenters. The Morgan fingerprint density at radius 1 is 0.750 bits per heavy atom. The second-order valence-electron chi connectivity index (χ2n) is 13.6. The summed E-state index contributed by atoms with van der Waals surface area (Å²) in [5.41, 5.74) is 9.61. The number of pyridine rings is 2. The maximum Gasteiger partial charge on any atom is 0.121 e. The Morgan fingerprint density at radius 3 is 2.29 bits per heavy atom. The fraction of sp³-hybridized carbons (Fsp3) is 0.209. The van der Waals surface area contributed by atoms with Crippen molar-refractivity contribution >= 4 is 35.2 Å². The molecule has 1 radical (unpaired) electrons. The molecule has 0 unspecified atom stereocenters. The van der Waals surface area contributed by atoms with Crippen LogP contribution < -0.4 is 5.19 Å². The van der Waals surface area contributed by atoms with E-state index in [2.05, 4.69) is 115 Å². The molecule has 4 aromatic carbocycles. The molecule has 1 saturated carbocycles. The Bertz CT molecular complexity index is 2100. The molecule has 1 aliphatic carbocycles. The molecule has 243 valence electrons. The van der Waals surface area contributed by atoms with Crippen LogP contribution in [0.5, 0.6) is 0 Å². The van der Waals surface area contributed by atoms with Crippen LogP contribution in [0.4, 0.5) is 0 Å². The molecule has 0 aliphatic heterocycles. The molecule has 3 aromatic heterocycles. The predicted octanol–water partition coefficient (Wildman–Crippen LogP) is 10.9. The van der Waals surface area contributed by atoms with Crippen LogP contribution in [-0.4, -0.2) is 18.0 Å². The zero-order chi connectivity index (χ0) is 32.2. The average molecular weight is 821 g/mol. The molecule has 1 aliphatic rings. The van der Waals surface area contributed by atoms with Gasteiger partial charge in [0.2, 0.25) is 0 Å². The van der Waals surface area contributed by atoms with E-state index in [1.807, 2.05) is 48.8 Å². The van der Waals surface area contributed by atoms with Gasteiger partial charge in [0, 0.05) is 37.9 Å². The minimum Gasteiger partial charge on any atom is -0.500 e. The van der Waals surface area contributed by atoms with Crippen LogP contribution >= 0.6 is 0 Å². The number of rotatable bonds is 6. The summed E-state index contributed by atoms with van der Waals surface area (Å²) in [5, 5.41) is 3.67. The predicted molar refractivity (Wildman–Crippen MR) is 198 cm³/mol. The van der Waals surface area contributed by atoms with Gasteiger partial charge in [0.15, 0.2) is 0 Å². The Balaban J connectivity index is 0.000000201. The summed E-state index contributed by atoms with van der Waals surface area (Å²) in [4.78, 5) is 9.19. The van der Waals surface area contributed by atoms with Gasteiger partial charge in [-0.2, -0.15) is 0 Å². The molecule has 7 aromatic rings. The smallest absolute Gasteiger partial charge is 0.121 e. The van der Waals surface area contributed by atoms with E-state index in [4.69, 9.17) is 4.42 Å². The molecule has 5 heteroatoms. The second-order valence-corrected chi connectivity index (χ2v) is 18.7. The van der Waals surface area contributed by atoms with E-state index in [0.29, 0.717) is 0 Å². The summed E-state index contributed by atoms with van der Waals surface area (Å²) in [6, 6.07) is 44.2. The molecule has 0 N–H and O–H groups in total. The van der Waals surface area contributed by atoms with Crippen molar-refractivity contribution < 1.29 is 24.5 Å². The first-order valence-electron chi connectivity index (χ1n) is 16.7. The Hall–Kier alpha value is -4.15. The first-order valence-corrected chi connectivity index (χ1v) is 20.2. The van der Waals surface area contributed by atoms with Crippen LogP contribution in [0.2, 0.25) is 19.6 Å². The van der Waals surface area contributed by atoms with Crippen LogP contribution in [0, 0.1) is 18.1 Å². The summed E-state index contributed by atoms with van der Waals surface area (Å²) >= 11 is 0. The number of benzene rings is 4. The van der Waals surface area contributed by atoms with Gasteiger partial charge < -0.3 is 14.4 Å². The number of nitrogens with zero attached hydrogens (tertiary/aromatic N) is 2. The van der Waals surface area contributed by atoms with E-state index >= 15 is 0 Å². The number of aromatic nitrogens is 2. The standard InChI is InChI=1S/C29H24NO.C14H16NSi.Ir/c1-2-9-22(10-3-1)24-11-6-12-28-29(24)25-19-23(13-14-27(25)31-28)26-18-21(15-16-30-26)17-20-7-4-5-8-20;1-16(2,3)13-9-10-14(15-11-13)12-7-5-4-6-8-12;/h1-3,6,9-12,14-16,18-20H,4-5,7-8,17H2;4-7,9-11H,1-3H3;/q2*-1;. The summed E-state index contributed by atoms with van der Waals surface area (Å²) in [7, 11) is -1.23. The summed E-state index contributed by atoms with van der Waals surface area (Å²) < 4.78 is 6.17. The van der Waals surface area contributed by atoms with E-state index < -0.39 is 8.07 Å². The van der Waals surface area contributed by atoms with E-state index in [1.54, 1.807) is 0 Å². The molecule has 3 nitrogen and oxygen atoms in total. The van der Waals surface area contributed by atoms with Gasteiger partial charge in [0.25, 0.3) is 0 Å². The monoisotopic (exact) mass is 821 g/mol. The van der Waals surface area contributed by atoms with Crippen molar-refractivity contribution in [1.29, 1.82) is 0 Å². The van der Waals surface area contributed by atoms with Crippen molar-refractivity contribution in [3.8, 4) is 33.6 Å². The third-order valence-electron chi connectivity index (χ3n) is 9.23. The maximum atomic E-state index is 6.17. The van der Waals surface area contributed by atoms with Crippen molar-refractivity contribution in [2.45, 2.75) is 51.7 Å². The van der Waals surface area contributed by atoms with Crippen molar-refractivity contribution in [2.75, 3.05) is 0 Å². The molecule has 48 heavy (non-hydrogen) atoms. The van der Waals surface area contributed by atoms with Gasteiger partial charge in [0.05, 0.1) is 13.7 Å². The fourth-order valence-electron chi connectivity index (χ4n) is 6.62. The molecule has 1 fully saturated rings. The minimum absolute atomic E-state index is 0. The molecular formula is C43H40IrN2OSi-2. The third-order valence-corrected chi connectivity index (χ3v) is 11.3. The van der Waals surface area contributed by atoms with Crippen LogP contribution in [0.3, 0.4) is 0 Å². The summed E-state index contributed by atoms with van der Waals surface area (Å²) in [5.74, 6) is 0.827. The Labute approximate surface area is 298 Å². The maximum absolute atomic E-state index is 6.17. The van der Waals surface area contributed by atoms with Crippen molar-refractivity contribution in [3.63, 3.8) is 0 Å². The molecule has 0 spiro atoms. The van der Waals surface area contributed by atoms with Crippen LogP contribution in [-0.2, 0) is 26.5 Å². The third kappa shape index (κ3) is 7.60. The Morgan fingerprint density at radius 2 is 1.56 bits per heavy atom. The molecule has 0 amide bonds. The van der Waals surface area contributed by atoms with Gasteiger partial charge >= 0.3 is 0 Å². The SMILES string of the molecule is C[Si](C)(C)c1ccc(-c2[c-]cccc2)nc1.[Ir].[c-]1cc2oc3cccc(-c4ccccc4)c3c2cc1-c1cc(CC2CCCC2)ccn1. The van der Waals surface area contributed by atoms with Gasteiger partial charge in [-0.1, -0.05) is 117 Å². The summed E-state index contributed by atoms with van der Waals surface area (Å²) in [6.07, 6.45) is 10.6. The quantitative estimate of drug-likeness (QED) is 0.124. The number of fused-ring (bicyclic) bond motifs is 3. The Kier molecular flexibility index (Phi) is 10.5. The van der Waals surface area contributed by atoms with E-state index in [1.165, 1.54) is 47.6 Å². The molecular weight excluding hydrogens is 781 g/mol. The van der Waals surface area contributed by atoms with Gasteiger partial charge in [-0.25, -0.2) is 0 Å². The number of furan rings is 1. The largest absolute Gasteiger partial charge is 0.500 e. The summed E-state index contributed by atoms with van der Waals surface area (Å²) in [6.45, 7) is 7.00.